The van der Waals surface area contributed by atoms with Crippen LogP contribution in [0.2, 0.25) is 0 Å². The Morgan fingerprint density at radius 1 is 1.04 bits per heavy atom. The average Bonchev–Trinajstić information content (AvgIpc) is 2.61. The summed E-state index contributed by atoms with van der Waals surface area (Å²) in [6.45, 7) is 5.67. The summed E-state index contributed by atoms with van der Waals surface area (Å²) in [5, 5.41) is 2.83. The van der Waals surface area contributed by atoms with Crippen molar-refractivity contribution in [3.8, 4) is 0 Å². The molecule has 0 saturated heterocycles. The summed E-state index contributed by atoms with van der Waals surface area (Å²) in [6, 6.07) is 15.1. The number of nitrogens with one attached hydrogen (secondary N) is 1. The largest absolute Gasteiger partial charge is 0.449 e. The van der Waals surface area contributed by atoms with Crippen LogP contribution in [0.25, 0.3) is 6.08 Å². The third-order valence-electron chi connectivity index (χ3n) is 3.81. The summed E-state index contributed by atoms with van der Waals surface area (Å²) in [6.07, 6.45) is 2.06. The van der Waals surface area contributed by atoms with E-state index in [0.29, 0.717) is 0 Å². The smallest absolute Gasteiger partial charge is 0.331 e. The third kappa shape index (κ3) is 5.56. The molecule has 0 unspecified atom stereocenters. The maximum atomic E-state index is 12.3. The third-order valence-corrected chi connectivity index (χ3v) is 4.53. The van der Waals surface area contributed by atoms with Crippen molar-refractivity contribution >= 4 is 39.6 Å². The van der Waals surface area contributed by atoms with Crippen LogP contribution >= 0.6 is 15.9 Å². The van der Waals surface area contributed by atoms with Gasteiger partial charge in [0.1, 0.15) is 0 Å². The number of para-hydroxylation sites is 1. The van der Waals surface area contributed by atoms with Crippen LogP contribution in [0.5, 0.6) is 0 Å². The predicted octanol–water partition coefficient (Wildman–Crippen LogP) is 5.16. The van der Waals surface area contributed by atoms with Crippen molar-refractivity contribution in [2.45, 2.75) is 32.8 Å². The Morgan fingerprint density at radius 2 is 1.69 bits per heavy atom. The molecule has 5 heteroatoms. The van der Waals surface area contributed by atoms with Gasteiger partial charge in [-0.05, 0) is 42.2 Å². The van der Waals surface area contributed by atoms with Crippen LogP contribution in [0.3, 0.4) is 0 Å². The van der Waals surface area contributed by atoms with Crippen LogP contribution in [-0.4, -0.2) is 18.0 Å². The van der Waals surface area contributed by atoms with Gasteiger partial charge in [0.05, 0.1) is 0 Å². The Hall–Kier alpha value is -2.40. The number of rotatable bonds is 6. The van der Waals surface area contributed by atoms with Crippen molar-refractivity contribution in [1.82, 2.24) is 0 Å². The van der Waals surface area contributed by atoms with Crippen molar-refractivity contribution < 1.29 is 14.3 Å². The minimum atomic E-state index is -0.897. The number of hydrogen-bond donors (Lipinski definition) is 1. The van der Waals surface area contributed by atoms with Crippen molar-refractivity contribution in [3.05, 3.63) is 70.2 Å². The molecule has 0 aliphatic heterocycles. The van der Waals surface area contributed by atoms with Gasteiger partial charge in [-0.25, -0.2) is 4.79 Å². The lowest BCUT2D eigenvalue weighted by molar-refractivity contribution is -0.148. The summed E-state index contributed by atoms with van der Waals surface area (Å²) >= 11 is 3.41. The minimum absolute atomic E-state index is 0.275. The van der Waals surface area contributed by atoms with Gasteiger partial charge in [-0.1, -0.05) is 66.2 Å². The highest BCUT2D eigenvalue weighted by molar-refractivity contribution is 9.10. The lowest BCUT2D eigenvalue weighted by atomic mass is 10.0. The molecule has 0 aliphatic rings. The molecule has 2 aromatic carbocycles. The topological polar surface area (TPSA) is 55.4 Å². The van der Waals surface area contributed by atoms with Crippen LogP contribution in [-0.2, 0) is 14.3 Å². The van der Waals surface area contributed by atoms with Gasteiger partial charge < -0.3 is 10.1 Å². The molecular formula is C21H22BrNO3. The monoisotopic (exact) mass is 415 g/mol. The van der Waals surface area contributed by atoms with Crippen molar-refractivity contribution in [2.75, 3.05) is 5.32 Å². The van der Waals surface area contributed by atoms with Crippen LogP contribution < -0.4 is 5.32 Å². The second-order valence-corrected chi connectivity index (χ2v) is 7.02. The standard InChI is InChI=1S/C21H22BrNO3/c1-14(2)17-9-5-7-11-19(17)23-21(25)15(3)26-20(24)13-12-16-8-4-6-10-18(16)22/h4-15H,1-3H3,(H,23,25)/b13-12+/t15-/m1/s1. The summed E-state index contributed by atoms with van der Waals surface area (Å²) in [7, 11) is 0. The number of hydrogen-bond acceptors (Lipinski definition) is 3. The Bertz CT molecular complexity index is 814. The molecule has 0 bridgehead atoms. The maximum absolute atomic E-state index is 12.3. The lowest BCUT2D eigenvalue weighted by Crippen LogP contribution is -2.29. The Morgan fingerprint density at radius 3 is 2.38 bits per heavy atom. The number of esters is 1. The van der Waals surface area contributed by atoms with Crippen molar-refractivity contribution in [2.24, 2.45) is 0 Å². The molecule has 136 valence electrons. The number of amides is 1. The molecule has 1 N–H and O–H groups in total. The van der Waals surface area contributed by atoms with E-state index in [4.69, 9.17) is 4.74 Å². The van der Waals surface area contributed by atoms with E-state index in [9.17, 15) is 9.59 Å². The minimum Gasteiger partial charge on any atom is -0.449 e. The molecule has 0 saturated carbocycles. The molecule has 4 nitrogen and oxygen atoms in total. The first-order valence-electron chi connectivity index (χ1n) is 8.41. The molecule has 2 aromatic rings. The summed E-state index contributed by atoms with van der Waals surface area (Å²) in [5.41, 5.74) is 2.62. The second-order valence-electron chi connectivity index (χ2n) is 6.17. The zero-order valence-corrected chi connectivity index (χ0v) is 16.6. The highest BCUT2D eigenvalue weighted by Crippen LogP contribution is 2.24. The molecular weight excluding hydrogens is 394 g/mol. The quantitative estimate of drug-likeness (QED) is 0.523. The number of carbonyl (C=O) groups is 2. The molecule has 0 radical (unpaired) electrons. The van der Waals surface area contributed by atoms with Gasteiger partial charge in [0.2, 0.25) is 0 Å². The molecule has 0 heterocycles. The first-order valence-corrected chi connectivity index (χ1v) is 9.20. The van der Waals surface area contributed by atoms with Gasteiger partial charge in [0.15, 0.2) is 6.10 Å². The van der Waals surface area contributed by atoms with Crippen LogP contribution in [0.1, 0.15) is 37.8 Å². The average molecular weight is 416 g/mol. The Labute approximate surface area is 162 Å². The Balaban J connectivity index is 1.97. The fourth-order valence-electron chi connectivity index (χ4n) is 2.38. The SMILES string of the molecule is CC(C)c1ccccc1NC(=O)[C@@H](C)OC(=O)/C=C/c1ccccc1Br. The fourth-order valence-corrected chi connectivity index (χ4v) is 2.80. The molecule has 1 amide bonds. The van der Waals surface area contributed by atoms with Gasteiger partial charge in [-0.15, -0.1) is 0 Å². The zero-order valence-electron chi connectivity index (χ0n) is 15.0. The predicted molar refractivity (Wildman–Crippen MR) is 108 cm³/mol. The second kappa shape index (κ2) is 9.34. The van der Waals surface area contributed by atoms with Gasteiger partial charge in [0.25, 0.3) is 5.91 Å². The number of anilines is 1. The number of carbonyl (C=O) groups excluding carboxylic acids is 2. The molecule has 0 aromatic heterocycles. The van der Waals surface area contributed by atoms with Crippen LogP contribution in [0.15, 0.2) is 59.1 Å². The molecule has 0 spiro atoms. The number of ether oxygens (including phenoxy) is 1. The highest BCUT2D eigenvalue weighted by Gasteiger charge is 2.18. The number of halogens is 1. The first-order chi connectivity index (χ1) is 12.4. The highest BCUT2D eigenvalue weighted by atomic mass is 79.9. The van der Waals surface area contributed by atoms with Crippen molar-refractivity contribution in [1.29, 1.82) is 0 Å². The van der Waals surface area contributed by atoms with Crippen LogP contribution in [0.4, 0.5) is 5.69 Å². The summed E-state index contributed by atoms with van der Waals surface area (Å²) in [5.74, 6) is -0.655. The lowest BCUT2D eigenvalue weighted by Gasteiger charge is -2.16. The molecule has 1 atom stereocenters. The Kier molecular flexibility index (Phi) is 7.16. The van der Waals surface area contributed by atoms with Crippen molar-refractivity contribution in [3.63, 3.8) is 0 Å². The van der Waals surface area contributed by atoms with E-state index >= 15 is 0 Å². The summed E-state index contributed by atoms with van der Waals surface area (Å²) in [4.78, 5) is 24.3. The molecule has 2 rings (SSSR count). The van der Waals surface area contributed by atoms with Crippen LogP contribution in [0, 0.1) is 0 Å². The molecule has 0 aliphatic carbocycles. The molecule has 0 fully saturated rings. The van der Waals surface area contributed by atoms with E-state index in [1.54, 1.807) is 13.0 Å². The van der Waals surface area contributed by atoms with E-state index in [-0.39, 0.29) is 11.8 Å². The normalized spacial score (nSPS) is 12.2. The van der Waals surface area contributed by atoms with E-state index in [0.717, 1.165) is 21.3 Å². The van der Waals surface area contributed by atoms with Gasteiger partial charge in [-0.2, -0.15) is 0 Å². The zero-order chi connectivity index (χ0) is 19.1. The van der Waals surface area contributed by atoms with Gasteiger partial charge in [0, 0.05) is 16.2 Å². The maximum Gasteiger partial charge on any atom is 0.331 e. The molecule has 26 heavy (non-hydrogen) atoms. The van der Waals surface area contributed by atoms with E-state index in [2.05, 4.69) is 35.1 Å². The van der Waals surface area contributed by atoms with E-state index < -0.39 is 12.1 Å². The number of benzene rings is 2. The first kappa shape index (κ1) is 19.9. The fraction of sp³-hybridized carbons (Fsp3) is 0.238. The van der Waals surface area contributed by atoms with E-state index in [1.165, 1.54) is 6.08 Å². The summed E-state index contributed by atoms with van der Waals surface area (Å²) < 4.78 is 6.07. The van der Waals surface area contributed by atoms with E-state index in [1.807, 2.05) is 48.5 Å². The van der Waals surface area contributed by atoms with Gasteiger partial charge in [-0.3, -0.25) is 4.79 Å². The van der Waals surface area contributed by atoms with Gasteiger partial charge >= 0.3 is 5.97 Å².